The van der Waals surface area contributed by atoms with Gasteiger partial charge in [0.05, 0.1) is 6.54 Å². The van der Waals surface area contributed by atoms with Gasteiger partial charge in [-0.2, -0.15) is 0 Å². The molecule has 30 heavy (non-hydrogen) atoms. The van der Waals surface area contributed by atoms with Gasteiger partial charge in [-0.05, 0) is 57.4 Å². The Balaban J connectivity index is 2.06. The van der Waals surface area contributed by atoms with E-state index in [0.29, 0.717) is 19.6 Å². The molecule has 1 aliphatic heterocycles. The second kappa shape index (κ2) is 10.3. The fraction of sp³-hybridized carbons (Fsp3) is 0.571. The summed E-state index contributed by atoms with van der Waals surface area (Å²) in [6.07, 6.45) is -0.557. The molecule has 0 radical (unpaired) electrons. The van der Waals surface area contributed by atoms with E-state index in [-0.39, 0.29) is 13.0 Å². The van der Waals surface area contributed by atoms with Crippen LogP contribution < -0.4 is 11.1 Å². The van der Waals surface area contributed by atoms with Crippen LogP contribution >= 0.6 is 15.9 Å². The van der Waals surface area contributed by atoms with Gasteiger partial charge in [0.25, 0.3) is 5.91 Å². The molecule has 0 aliphatic carbocycles. The average Bonchev–Trinajstić information content (AvgIpc) is 2.88. The largest absolute Gasteiger partial charge is 0.444 e. The highest BCUT2D eigenvalue weighted by Gasteiger charge is 2.32. The van der Waals surface area contributed by atoms with Crippen molar-refractivity contribution in [2.24, 2.45) is 5.73 Å². The van der Waals surface area contributed by atoms with Crippen LogP contribution in [0.15, 0.2) is 22.7 Å². The minimum atomic E-state index is -0.909. The minimum absolute atomic E-state index is 0.0452. The van der Waals surface area contributed by atoms with Crippen LogP contribution in [0.4, 0.5) is 4.79 Å². The number of nitrogens with zero attached hydrogens (tertiary/aromatic N) is 1. The molecule has 8 nitrogen and oxygen atoms in total. The molecule has 0 spiro atoms. The number of amides is 3. The number of carbonyl (C=O) groups excluding carboxylic acids is 3. The first-order valence-electron chi connectivity index (χ1n) is 9.90. The Morgan fingerprint density at radius 3 is 2.67 bits per heavy atom. The molecule has 1 aromatic carbocycles. The molecule has 1 fully saturated rings. The Bertz CT molecular complexity index is 793. The minimum Gasteiger partial charge on any atom is -0.444 e. The Morgan fingerprint density at radius 1 is 1.37 bits per heavy atom. The summed E-state index contributed by atoms with van der Waals surface area (Å²) in [7, 11) is 0. The predicted octanol–water partition coefficient (Wildman–Crippen LogP) is 2.30. The van der Waals surface area contributed by atoms with Crippen LogP contribution in [0, 0.1) is 6.92 Å². The molecule has 1 aliphatic rings. The quantitative estimate of drug-likeness (QED) is 0.667. The van der Waals surface area contributed by atoms with Crippen LogP contribution in [0.25, 0.3) is 0 Å². The highest BCUT2D eigenvalue weighted by atomic mass is 79.9. The van der Waals surface area contributed by atoms with E-state index in [1.54, 1.807) is 20.8 Å². The average molecular weight is 484 g/mol. The molecule has 1 aromatic rings. The molecular weight excluding hydrogens is 454 g/mol. The van der Waals surface area contributed by atoms with Crippen molar-refractivity contribution in [2.75, 3.05) is 19.7 Å². The topological polar surface area (TPSA) is 111 Å². The van der Waals surface area contributed by atoms with Crippen molar-refractivity contribution in [1.82, 2.24) is 10.2 Å². The lowest BCUT2D eigenvalue weighted by molar-refractivity contribution is -0.136. The van der Waals surface area contributed by atoms with E-state index in [1.165, 1.54) is 4.90 Å². The van der Waals surface area contributed by atoms with E-state index in [4.69, 9.17) is 15.2 Å². The van der Waals surface area contributed by atoms with Gasteiger partial charge in [0, 0.05) is 24.0 Å². The van der Waals surface area contributed by atoms with Crippen molar-refractivity contribution in [3.63, 3.8) is 0 Å². The number of hydrogen-bond acceptors (Lipinski definition) is 5. The molecule has 1 saturated heterocycles. The molecule has 2 atom stereocenters. The van der Waals surface area contributed by atoms with Gasteiger partial charge in [-0.3, -0.25) is 9.59 Å². The van der Waals surface area contributed by atoms with E-state index >= 15 is 0 Å². The van der Waals surface area contributed by atoms with Crippen LogP contribution in [0.2, 0.25) is 0 Å². The van der Waals surface area contributed by atoms with Crippen LogP contribution in [-0.4, -0.2) is 60.3 Å². The number of aryl methyl sites for hydroxylation is 1. The number of nitrogens with one attached hydrogen (secondary N) is 1. The van der Waals surface area contributed by atoms with Crippen molar-refractivity contribution < 1.29 is 23.9 Å². The normalized spacial score (nSPS) is 18.3. The summed E-state index contributed by atoms with van der Waals surface area (Å²) in [5, 5.41) is 2.68. The summed E-state index contributed by atoms with van der Waals surface area (Å²) in [5.74, 6) is -1.12. The number of nitrogens with two attached hydrogens (primary N) is 1. The fourth-order valence-corrected chi connectivity index (χ4v) is 3.55. The van der Waals surface area contributed by atoms with E-state index in [2.05, 4.69) is 21.2 Å². The molecule has 0 unspecified atom stereocenters. The Hall–Kier alpha value is -2.13. The number of rotatable bonds is 5. The highest BCUT2D eigenvalue weighted by molar-refractivity contribution is 9.10. The van der Waals surface area contributed by atoms with E-state index < -0.39 is 35.7 Å². The molecular formula is C21H30BrN3O5. The van der Waals surface area contributed by atoms with E-state index in [9.17, 15) is 14.4 Å². The molecule has 3 amide bonds. The van der Waals surface area contributed by atoms with Crippen molar-refractivity contribution in [3.05, 3.63) is 33.8 Å². The molecule has 0 saturated carbocycles. The zero-order valence-electron chi connectivity index (χ0n) is 17.9. The van der Waals surface area contributed by atoms with Crippen molar-refractivity contribution in [1.29, 1.82) is 0 Å². The van der Waals surface area contributed by atoms with Gasteiger partial charge < -0.3 is 25.4 Å². The SMILES string of the molecule is Cc1cc(Br)ccc1C[C@H](NC(=O)[C@@H]1CN(C(=O)OC(C)(C)C)CCCO1)C(N)=O. The van der Waals surface area contributed by atoms with Crippen LogP contribution in [0.1, 0.15) is 38.3 Å². The first kappa shape index (κ1) is 24.1. The van der Waals surface area contributed by atoms with Gasteiger partial charge in [0.15, 0.2) is 6.10 Å². The summed E-state index contributed by atoms with van der Waals surface area (Å²) >= 11 is 3.41. The van der Waals surface area contributed by atoms with Gasteiger partial charge in [0.1, 0.15) is 11.6 Å². The Kier molecular flexibility index (Phi) is 8.25. The summed E-state index contributed by atoms with van der Waals surface area (Å²) in [6.45, 7) is 8.07. The molecule has 2 rings (SSSR count). The van der Waals surface area contributed by atoms with Crippen molar-refractivity contribution >= 4 is 33.8 Å². The second-order valence-electron chi connectivity index (χ2n) is 8.38. The summed E-state index contributed by atoms with van der Waals surface area (Å²) in [5.41, 5.74) is 6.77. The number of hydrogen-bond donors (Lipinski definition) is 2. The lowest BCUT2D eigenvalue weighted by Crippen LogP contribution is -2.52. The smallest absolute Gasteiger partial charge is 0.410 e. The molecule has 0 aromatic heterocycles. The van der Waals surface area contributed by atoms with Crippen LogP contribution in [0.5, 0.6) is 0 Å². The van der Waals surface area contributed by atoms with Gasteiger partial charge in [0.2, 0.25) is 5.91 Å². The maximum atomic E-state index is 12.8. The molecule has 0 bridgehead atoms. The zero-order chi connectivity index (χ0) is 22.5. The maximum Gasteiger partial charge on any atom is 0.410 e. The van der Waals surface area contributed by atoms with E-state index in [0.717, 1.165) is 15.6 Å². The summed E-state index contributed by atoms with van der Waals surface area (Å²) in [6, 6.07) is 4.80. The number of ether oxygens (including phenoxy) is 2. The monoisotopic (exact) mass is 483 g/mol. The first-order chi connectivity index (χ1) is 14.0. The third kappa shape index (κ3) is 7.28. The number of carbonyl (C=O) groups is 3. The number of benzene rings is 1. The van der Waals surface area contributed by atoms with Gasteiger partial charge in [-0.25, -0.2) is 4.79 Å². The van der Waals surface area contributed by atoms with Crippen LogP contribution in [-0.2, 0) is 25.5 Å². The maximum absolute atomic E-state index is 12.8. The fourth-order valence-electron chi connectivity index (χ4n) is 3.07. The van der Waals surface area contributed by atoms with Crippen LogP contribution in [0.3, 0.4) is 0 Å². The molecule has 166 valence electrons. The Labute approximate surface area is 185 Å². The van der Waals surface area contributed by atoms with Gasteiger partial charge in [-0.15, -0.1) is 0 Å². The summed E-state index contributed by atoms with van der Waals surface area (Å²) in [4.78, 5) is 38.7. The highest BCUT2D eigenvalue weighted by Crippen LogP contribution is 2.18. The molecule has 9 heteroatoms. The lowest BCUT2D eigenvalue weighted by atomic mass is 10.0. The standard InChI is InChI=1S/C21H30BrN3O5/c1-13-10-15(22)7-6-14(13)11-16(18(23)26)24-19(27)17-12-25(8-5-9-29-17)20(28)30-21(2,3)4/h6-7,10,16-17H,5,8-9,11-12H2,1-4H3,(H2,23,26)(H,24,27)/t16-,17-/m0/s1. The number of primary amides is 1. The number of halogens is 1. The first-order valence-corrected chi connectivity index (χ1v) is 10.7. The Morgan fingerprint density at radius 2 is 2.07 bits per heavy atom. The third-order valence-electron chi connectivity index (χ3n) is 4.61. The molecule has 1 heterocycles. The van der Waals surface area contributed by atoms with Gasteiger partial charge in [-0.1, -0.05) is 22.0 Å². The lowest BCUT2D eigenvalue weighted by Gasteiger charge is -2.28. The second-order valence-corrected chi connectivity index (χ2v) is 9.29. The van der Waals surface area contributed by atoms with Crippen molar-refractivity contribution in [2.45, 2.75) is 58.3 Å². The summed E-state index contributed by atoms with van der Waals surface area (Å²) < 4.78 is 12.0. The van der Waals surface area contributed by atoms with Gasteiger partial charge >= 0.3 is 6.09 Å². The zero-order valence-corrected chi connectivity index (χ0v) is 19.5. The third-order valence-corrected chi connectivity index (χ3v) is 5.10. The molecule has 3 N–H and O–H groups in total. The van der Waals surface area contributed by atoms with Crippen molar-refractivity contribution in [3.8, 4) is 0 Å². The predicted molar refractivity (Wildman–Crippen MR) is 116 cm³/mol. The van der Waals surface area contributed by atoms with E-state index in [1.807, 2.05) is 25.1 Å².